The molecule has 2 fully saturated rings. The molecule has 1 aliphatic heterocycles. The zero-order chi connectivity index (χ0) is 18.5. The van der Waals surface area contributed by atoms with Gasteiger partial charge in [0.05, 0.1) is 18.1 Å². The van der Waals surface area contributed by atoms with Crippen LogP contribution in [0.4, 0.5) is 0 Å². The minimum atomic E-state index is 0.0308. The molecule has 1 saturated heterocycles. The Morgan fingerprint density at radius 2 is 1.92 bits per heavy atom. The van der Waals surface area contributed by atoms with Crippen molar-refractivity contribution in [3.63, 3.8) is 0 Å². The lowest BCUT2D eigenvalue weighted by Crippen LogP contribution is -2.39. The fraction of sp³-hybridized carbons (Fsp3) is 0.500. The lowest BCUT2D eigenvalue weighted by molar-refractivity contribution is -0.124. The second kappa shape index (κ2) is 8.91. The minimum Gasteiger partial charge on any atom is -0.494 e. The summed E-state index contributed by atoms with van der Waals surface area (Å²) in [6.45, 7) is 5.05. The first kappa shape index (κ1) is 19.2. The van der Waals surface area contributed by atoms with Gasteiger partial charge in [-0.1, -0.05) is 43.2 Å². The summed E-state index contributed by atoms with van der Waals surface area (Å²) in [5.41, 5.74) is 0.874. The van der Waals surface area contributed by atoms with Crippen LogP contribution in [0.2, 0.25) is 0 Å². The Bertz CT molecular complexity index is 711. The van der Waals surface area contributed by atoms with Crippen LogP contribution < -0.4 is 9.47 Å². The summed E-state index contributed by atoms with van der Waals surface area (Å²) in [4.78, 5) is 15.4. The van der Waals surface area contributed by atoms with Crippen molar-refractivity contribution in [3.05, 3.63) is 28.7 Å². The van der Waals surface area contributed by atoms with Gasteiger partial charge in [-0.3, -0.25) is 9.69 Å². The summed E-state index contributed by atoms with van der Waals surface area (Å²) in [5.74, 6) is 1.52. The number of hydrogen-bond acceptors (Lipinski definition) is 5. The van der Waals surface area contributed by atoms with Gasteiger partial charge in [-0.25, -0.2) is 0 Å². The fourth-order valence-corrected chi connectivity index (χ4v) is 4.84. The number of thioether (sulfide) groups is 1. The Hall–Kier alpha value is -1.53. The van der Waals surface area contributed by atoms with Crippen molar-refractivity contribution in [2.75, 3.05) is 13.2 Å². The van der Waals surface area contributed by atoms with Crippen LogP contribution in [0.5, 0.6) is 11.5 Å². The quantitative estimate of drug-likeness (QED) is 0.503. The third-order valence-electron chi connectivity index (χ3n) is 4.65. The van der Waals surface area contributed by atoms with Crippen molar-refractivity contribution in [1.29, 1.82) is 0 Å². The number of rotatable bonds is 6. The molecule has 1 heterocycles. The van der Waals surface area contributed by atoms with E-state index in [0.717, 1.165) is 29.9 Å². The largest absolute Gasteiger partial charge is 0.494 e. The van der Waals surface area contributed by atoms with E-state index in [-0.39, 0.29) is 11.9 Å². The van der Waals surface area contributed by atoms with E-state index in [4.69, 9.17) is 21.7 Å². The van der Waals surface area contributed by atoms with Gasteiger partial charge >= 0.3 is 0 Å². The van der Waals surface area contributed by atoms with E-state index >= 15 is 0 Å². The molecule has 0 N–H and O–H groups in total. The maximum absolute atomic E-state index is 12.9. The summed E-state index contributed by atoms with van der Waals surface area (Å²) in [6, 6.07) is 5.97. The summed E-state index contributed by atoms with van der Waals surface area (Å²) in [5, 5.41) is 0. The molecule has 6 heteroatoms. The monoisotopic (exact) mass is 391 g/mol. The van der Waals surface area contributed by atoms with E-state index in [1.165, 1.54) is 31.0 Å². The van der Waals surface area contributed by atoms with Gasteiger partial charge in [0.1, 0.15) is 15.8 Å². The number of thiocarbonyl (C=S) groups is 1. The maximum Gasteiger partial charge on any atom is 0.266 e. The van der Waals surface area contributed by atoms with Gasteiger partial charge in [0.15, 0.2) is 0 Å². The average Bonchev–Trinajstić information content (AvgIpc) is 2.92. The third-order valence-corrected chi connectivity index (χ3v) is 5.98. The van der Waals surface area contributed by atoms with Crippen molar-refractivity contribution >= 4 is 40.3 Å². The average molecular weight is 392 g/mol. The number of carbonyl (C=O) groups is 1. The molecule has 1 aliphatic carbocycles. The van der Waals surface area contributed by atoms with Crippen LogP contribution in [0.25, 0.3) is 6.08 Å². The van der Waals surface area contributed by atoms with Crippen molar-refractivity contribution in [3.8, 4) is 11.5 Å². The van der Waals surface area contributed by atoms with Gasteiger partial charge in [-0.05, 0) is 44.9 Å². The Labute approximate surface area is 164 Å². The summed E-state index contributed by atoms with van der Waals surface area (Å²) in [6.07, 6.45) is 7.59. The number of benzene rings is 1. The van der Waals surface area contributed by atoms with Crippen LogP contribution in [0.1, 0.15) is 51.5 Å². The van der Waals surface area contributed by atoms with E-state index in [2.05, 4.69) is 0 Å². The highest BCUT2D eigenvalue weighted by Crippen LogP contribution is 2.38. The van der Waals surface area contributed by atoms with Gasteiger partial charge in [0.25, 0.3) is 5.91 Å². The van der Waals surface area contributed by atoms with Crippen LogP contribution in [-0.2, 0) is 4.79 Å². The SMILES string of the molecule is CCOc1ccc(/C=C2/SC(=S)N(C3CCCCC3)C2=O)c(OCC)c1. The molecule has 0 bridgehead atoms. The van der Waals surface area contributed by atoms with Crippen LogP contribution >= 0.6 is 24.0 Å². The normalized spacial score (nSPS) is 20.1. The minimum absolute atomic E-state index is 0.0308. The molecule has 1 saturated carbocycles. The molecule has 0 unspecified atom stereocenters. The Kier molecular flexibility index (Phi) is 6.59. The molecule has 3 rings (SSSR count). The number of amides is 1. The molecule has 26 heavy (non-hydrogen) atoms. The topological polar surface area (TPSA) is 38.8 Å². The van der Waals surface area contributed by atoms with Crippen LogP contribution in [0.3, 0.4) is 0 Å². The highest BCUT2D eigenvalue weighted by Gasteiger charge is 2.37. The van der Waals surface area contributed by atoms with Crippen LogP contribution in [0.15, 0.2) is 23.1 Å². The molecule has 0 spiro atoms. The van der Waals surface area contributed by atoms with E-state index in [9.17, 15) is 4.79 Å². The lowest BCUT2D eigenvalue weighted by Gasteiger charge is -2.29. The van der Waals surface area contributed by atoms with Crippen molar-refractivity contribution < 1.29 is 14.3 Å². The Balaban J connectivity index is 1.85. The standard InChI is InChI=1S/C20H25NO3S2/c1-3-23-16-11-10-14(17(13-16)24-4-2)12-18-19(22)21(20(25)26-18)15-8-6-5-7-9-15/h10-13,15H,3-9H2,1-2H3/b18-12+. The molecule has 0 radical (unpaired) electrons. The molecule has 1 amide bonds. The Morgan fingerprint density at radius 3 is 2.62 bits per heavy atom. The number of carbonyl (C=O) groups excluding carboxylic acids is 1. The zero-order valence-electron chi connectivity index (χ0n) is 15.3. The van der Waals surface area contributed by atoms with E-state index in [1.807, 2.05) is 43.0 Å². The first-order valence-electron chi connectivity index (χ1n) is 9.30. The molecule has 4 nitrogen and oxygen atoms in total. The molecule has 0 aromatic heterocycles. The van der Waals surface area contributed by atoms with Gasteiger partial charge < -0.3 is 9.47 Å². The molecule has 0 atom stereocenters. The first-order chi connectivity index (χ1) is 12.6. The first-order valence-corrected chi connectivity index (χ1v) is 10.5. The summed E-state index contributed by atoms with van der Waals surface area (Å²) >= 11 is 6.90. The van der Waals surface area contributed by atoms with Crippen LogP contribution in [-0.4, -0.2) is 34.4 Å². The zero-order valence-corrected chi connectivity index (χ0v) is 17.0. The second-order valence-electron chi connectivity index (χ2n) is 6.41. The van der Waals surface area contributed by atoms with E-state index in [1.54, 1.807) is 0 Å². The van der Waals surface area contributed by atoms with Gasteiger partial charge in [-0.2, -0.15) is 0 Å². The highest BCUT2D eigenvalue weighted by molar-refractivity contribution is 8.26. The molecule has 1 aromatic carbocycles. The smallest absolute Gasteiger partial charge is 0.266 e. The molecule has 1 aromatic rings. The summed E-state index contributed by atoms with van der Waals surface area (Å²) in [7, 11) is 0. The van der Waals surface area contributed by atoms with Crippen molar-refractivity contribution in [2.45, 2.75) is 52.0 Å². The van der Waals surface area contributed by atoms with Crippen LogP contribution in [0, 0.1) is 0 Å². The molecule has 2 aliphatic rings. The lowest BCUT2D eigenvalue weighted by atomic mass is 9.94. The van der Waals surface area contributed by atoms with E-state index < -0.39 is 0 Å². The Morgan fingerprint density at radius 1 is 1.19 bits per heavy atom. The molecular formula is C20H25NO3S2. The van der Waals surface area contributed by atoms with Gasteiger partial charge in [-0.15, -0.1) is 0 Å². The predicted molar refractivity (Wildman–Crippen MR) is 111 cm³/mol. The van der Waals surface area contributed by atoms with Gasteiger partial charge in [0, 0.05) is 17.7 Å². The van der Waals surface area contributed by atoms with Gasteiger partial charge in [0.2, 0.25) is 0 Å². The number of hydrogen-bond donors (Lipinski definition) is 0. The molecule has 140 valence electrons. The summed E-state index contributed by atoms with van der Waals surface area (Å²) < 4.78 is 12.0. The van der Waals surface area contributed by atoms with Crippen molar-refractivity contribution in [1.82, 2.24) is 4.90 Å². The van der Waals surface area contributed by atoms with E-state index in [0.29, 0.717) is 22.4 Å². The van der Waals surface area contributed by atoms with Crippen molar-refractivity contribution in [2.24, 2.45) is 0 Å². The highest BCUT2D eigenvalue weighted by atomic mass is 32.2. The maximum atomic E-state index is 12.9. The predicted octanol–water partition coefficient (Wildman–Crippen LogP) is 5.02. The number of nitrogens with zero attached hydrogens (tertiary/aromatic N) is 1. The number of ether oxygens (including phenoxy) is 2. The third kappa shape index (κ3) is 4.23. The second-order valence-corrected chi connectivity index (χ2v) is 8.08. The fourth-order valence-electron chi connectivity index (χ4n) is 3.45. The molecular weight excluding hydrogens is 366 g/mol.